The van der Waals surface area contributed by atoms with Crippen LogP contribution in [0.3, 0.4) is 0 Å². The third-order valence-corrected chi connectivity index (χ3v) is 4.49. The van der Waals surface area contributed by atoms with Crippen LogP contribution in [0.2, 0.25) is 0 Å². The summed E-state index contributed by atoms with van der Waals surface area (Å²) >= 11 is 0. The highest BCUT2D eigenvalue weighted by molar-refractivity contribution is 14.0. The number of hydrogen-bond donors (Lipinski definition) is 2. The molecule has 0 amide bonds. The molecular formula is C22H28FIN4O. The number of nitrogens with zero attached hydrogens (tertiary/aromatic N) is 2. The summed E-state index contributed by atoms with van der Waals surface area (Å²) in [6.45, 7) is 5.11. The predicted molar refractivity (Wildman–Crippen MR) is 128 cm³/mol. The Balaban J connectivity index is 0.00000300. The van der Waals surface area contributed by atoms with E-state index in [9.17, 15) is 4.39 Å². The Bertz CT molecular complexity index is 818. The van der Waals surface area contributed by atoms with Gasteiger partial charge in [-0.15, -0.1) is 24.0 Å². The molecule has 2 aromatic rings. The lowest BCUT2D eigenvalue weighted by molar-refractivity contribution is 0.223. The number of anilines is 1. The SMILES string of the molecule is CN=C(NCc1ccc(N2CC=CC2)cc1)NCC(C)Oc1cccc(F)c1.I. The van der Waals surface area contributed by atoms with Crippen LogP contribution >= 0.6 is 24.0 Å². The molecule has 0 saturated heterocycles. The molecular weight excluding hydrogens is 482 g/mol. The molecule has 3 rings (SSSR count). The van der Waals surface area contributed by atoms with E-state index >= 15 is 0 Å². The van der Waals surface area contributed by atoms with Crippen molar-refractivity contribution < 1.29 is 9.13 Å². The average molecular weight is 510 g/mol. The van der Waals surface area contributed by atoms with E-state index in [-0.39, 0.29) is 35.9 Å². The molecule has 5 nitrogen and oxygen atoms in total. The van der Waals surface area contributed by atoms with E-state index in [1.54, 1.807) is 19.2 Å². The van der Waals surface area contributed by atoms with E-state index in [1.807, 2.05) is 6.92 Å². The molecule has 0 aliphatic carbocycles. The van der Waals surface area contributed by atoms with Crippen molar-refractivity contribution in [3.63, 3.8) is 0 Å². The Morgan fingerprint density at radius 3 is 2.52 bits per heavy atom. The van der Waals surface area contributed by atoms with Crippen LogP contribution in [0.25, 0.3) is 0 Å². The summed E-state index contributed by atoms with van der Waals surface area (Å²) in [7, 11) is 1.73. The molecule has 1 unspecified atom stereocenters. The molecule has 29 heavy (non-hydrogen) atoms. The lowest BCUT2D eigenvalue weighted by atomic mass is 10.2. The zero-order valence-corrected chi connectivity index (χ0v) is 19.1. The van der Waals surface area contributed by atoms with Crippen LogP contribution in [0.15, 0.2) is 65.7 Å². The first-order valence-electron chi connectivity index (χ1n) is 9.49. The quantitative estimate of drug-likeness (QED) is 0.257. The Morgan fingerprint density at radius 2 is 1.86 bits per heavy atom. The van der Waals surface area contributed by atoms with Gasteiger partial charge < -0.3 is 20.3 Å². The van der Waals surface area contributed by atoms with Crippen LogP contribution in [0, 0.1) is 5.82 Å². The van der Waals surface area contributed by atoms with Crippen LogP contribution in [0.1, 0.15) is 12.5 Å². The summed E-state index contributed by atoms with van der Waals surface area (Å²) in [5, 5.41) is 6.53. The van der Waals surface area contributed by atoms with Gasteiger partial charge in [0, 0.05) is 38.4 Å². The fourth-order valence-electron chi connectivity index (χ4n) is 2.97. The lowest BCUT2D eigenvalue weighted by Gasteiger charge is -2.19. The minimum atomic E-state index is -0.304. The Labute approximate surface area is 189 Å². The number of benzene rings is 2. The third-order valence-electron chi connectivity index (χ3n) is 4.49. The second-order valence-electron chi connectivity index (χ2n) is 6.74. The molecule has 0 saturated carbocycles. The van der Waals surface area contributed by atoms with Gasteiger partial charge in [-0.3, -0.25) is 4.99 Å². The van der Waals surface area contributed by atoms with Gasteiger partial charge in [0.1, 0.15) is 17.7 Å². The highest BCUT2D eigenvalue weighted by Crippen LogP contribution is 2.17. The second kappa shape index (κ2) is 11.6. The van der Waals surface area contributed by atoms with Crippen LogP contribution in [-0.4, -0.2) is 38.7 Å². The number of halogens is 2. The molecule has 156 valence electrons. The molecule has 0 bridgehead atoms. The Morgan fingerprint density at radius 1 is 1.14 bits per heavy atom. The fraction of sp³-hybridized carbons (Fsp3) is 0.318. The van der Waals surface area contributed by atoms with Gasteiger partial charge in [0.2, 0.25) is 0 Å². The third kappa shape index (κ3) is 7.23. The van der Waals surface area contributed by atoms with E-state index in [1.165, 1.54) is 23.4 Å². The fourth-order valence-corrected chi connectivity index (χ4v) is 2.97. The van der Waals surface area contributed by atoms with Gasteiger partial charge in [0.15, 0.2) is 5.96 Å². The first-order chi connectivity index (χ1) is 13.6. The molecule has 0 fully saturated rings. The van der Waals surface area contributed by atoms with E-state index in [0.29, 0.717) is 24.8 Å². The summed E-state index contributed by atoms with van der Waals surface area (Å²) in [6, 6.07) is 14.7. The topological polar surface area (TPSA) is 48.9 Å². The summed E-state index contributed by atoms with van der Waals surface area (Å²) < 4.78 is 18.9. The Hall–Kier alpha value is -2.29. The molecule has 2 N–H and O–H groups in total. The molecule has 1 heterocycles. The number of nitrogens with one attached hydrogen (secondary N) is 2. The Kier molecular flexibility index (Phi) is 9.24. The average Bonchev–Trinajstić information content (AvgIpc) is 3.23. The van der Waals surface area contributed by atoms with Crippen LogP contribution in [-0.2, 0) is 6.54 Å². The summed E-state index contributed by atoms with van der Waals surface area (Å²) in [6.07, 6.45) is 4.24. The number of aliphatic imine (C=N–C) groups is 1. The van der Waals surface area contributed by atoms with Crippen molar-refractivity contribution in [1.82, 2.24) is 10.6 Å². The minimum absolute atomic E-state index is 0. The van der Waals surface area contributed by atoms with Crippen LogP contribution in [0.5, 0.6) is 5.75 Å². The molecule has 2 aromatic carbocycles. The van der Waals surface area contributed by atoms with Gasteiger partial charge in [0.05, 0.1) is 6.54 Å². The molecule has 1 aliphatic rings. The van der Waals surface area contributed by atoms with Crippen molar-refractivity contribution >= 4 is 35.6 Å². The molecule has 1 atom stereocenters. The number of rotatable bonds is 7. The van der Waals surface area contributed by atoms with Crippen molar-refractivity contribution in [2.45, 2.75) is 19.6 Å². The molecule has 0 radical (unpaired) electrons. The van der Waals surface area contributed by atoms with Gasteiger partial charge in [-0.1, -0.05) is 30.4 Å². The minimum Gasteiger partial charge on any atom is -0.489 e. The maximum atomic E-state index is 13.2. The molecule has 1 aliphatic heterocycles. The van der Waals surface area contributed by atoms with Crippen molar-refractivity contribution in [2.24, 2.45) is 4.99 Å². The van der Waals surface area contributed by atoms with Gasteiger partial charge in [-0.05, 0) is 36.8 Å². The maximum absolute atomic E-state index is 13.2. The first-order valence-corrected chi connectivity index (χ1v) is 9.49. The van der Waals surface area contributed by atoms with Crippen molar-refractivity contribution in [2.75, 3.05) is 31.6 Å². The number of hydrogen-bond acceptors (Lipinski definition) is 3. The molecule has 0 aromatic heterocycles. The van der Waals surface area contributed by atoms with Crippen LogP contribution in [0.4, 0.5) is 10.1 Å². The van der Waals surface area contributed by atoms with Gasteiger partial charge in [-0.25, -0.2) is 4.39 Å². The normalized spacial score (nSPS) is 14.3. The lowest BCUT2D eigenvalue weighted by Crippen LogP contribution is -2.41. The van der Waals surface area contributed by atoms with E-state index < -0.39 is 0 Å². The predicted octanol–water partition coefficient (Wildman–Crippen LogP) is 3.95. The summed E-state index contributed by atoms with van der Waals surface area (Å²) in [4.78, 5) is 6.56. The van der Waals surface area contributed by atoms with E-state index in [4.69, 9.17) is 4.74 Å². The van der Waals surface area contributed by atoms with Gasteiger partial charge >= 0.3 is 0 Å². The standard InChI is InChI=1S/C22H27FN4O.HI/c1-17(28-21-7-5-6-19(23)14-21)15-25-22(24-2)26-16-18-8-10-20(11-9-18)27-12-3-4-13-27;/h3-11,14,17H,12-13,15-16H2,1-2H3,(H2,24,25,26);1H. The number of ether oxygens (including phenoxy) is 1. The summed E-state index contributed by atoms with van der Waals surface area (Å²) in [5.41, 5.74) is 2.42. The second-order valence-corrected chi connectivity index (χ2v) is 6.74. The largest absolute Gasteiger partial charge is 0.489 e. The van der Waals surface area contributed by atoms with E-state index in [2.05, 4.69) is 56.9 Å². The zero-order chi connectivity index (χ0) is 19.8. The monoisotopic (exact) mass is 510 g/mol. The van der Waals surface area contributed by atoms with Crippen LogP contribution < -0.4 is 20.3 Å². The van der Waals surface area contributed by atoms with Crippen molar-refractivity contribution in [1.29, 1.82) is 0 Å². The van der Waals surface area contributed by atoms with Crippen molar-refractivity contribution in [3.05, 3.63) is 72.1 Å². The highest BCUT2D eigenvalue weighted by Gasteiger charge is 2.08. The molecule has 0 spiro atoms. The van der Waals surface area contributed by atoms with Crippen molar-refractivity contribution in [3.8, 4) is 5.75 Å². The number of guanidine groups is 1. The zero-order valence-electron chi connectivity index (χ0n) is 16.8. The summed E-state index contributed by atoms with van der Waals surface area (Å²) in [5.74, 6) is 0.912. The van der Waals surface area contributed by atoms with E-state index in [0.717, 1.165) is 13.1 Å². The van der Waals surface area contributed by atoms with Gasteiger partial charge in [-0.2, -0.15) is 0 Å². The molecule has 7 heteroatoms. The smallest absolute Gasteiger partial charge is 0.191 e. The maximum Gasteiger partial charge on any atom is 0.191 e. The van der Waals surface area contributed by atoms with Gasteiger partial charge in [0.25, 0.3) is 0 Å². The first kappa shape index (κ1) is 23.0. The highest BCUT2D eigenvalue weighted by atomic mass is 127.